The van der Waals surface area contributed by atoms with Gasteiger partial charge < -0.3 is 5.73 Å². The maximum atomic E-state index is 6.15. The zero-order valence-corrected chi connectivity index (χ0v) is 9.22. The summed E-state index contributed by atoms with van der Waals surface area (Å²) in [6.07, 6.45) is 3.78. The molecule has 1 aliphatic rings. The number of halogens is 1. The van der Waals surface area contributed by atoms with E-state index in [4.69, 9.17) is 17.3 Å². The topological polar surface area (TPSA) is 26.0 Å². The maximum absolute atomic E-state index is 6.15. The molecule has 1 atom stereocenters. The molecule has 0 saturated heterocycles. The van der Waals surface area contributed by atoms with Gasteiger partial charge in [-0.15, -0.1) is 0 Å². The molecule has 0 aliphatic heterocycles. The van der Waals surface area contributed by atoms with E-state index in [-0.39, 0.29) is 6.04 Å². The lowest BCUT2D eigenvalue weighted by Gasteiger charge is -2.15. The Kier molecular flexibility index (Phi) is 2.80. The SMILES string of the molecule is Cc1cccc(Cl)c1[C@@H](N)CC1CC1. The first-order valence-electron chi connectivity index (χ1n) is 5.19. The molecule has 2 heteroatoms. The molecule has 76 valence electrons. The Morgan fingerprint density at radius 3 is 2.79 bits per heavy atom. The van der Waals surface area contributed by atoms with Crippen molar-refractivity contribution in [3.63, 3.8) is 0 Å². The van der Waals surface area contributed by atoms with Gasteiger partial charge in [-0.25, -0.2) is 0 Å². The maximum Gasteiger partial charge on any atom is 0.0456 e. The van der Waals surface area contributed by atoms with Crippen LogP contribution < -0.4 is 5.73 Å². The predicted octanol–water partition coefficient (Wildman–Crippen LogP) is 3.45. The van der Waals surface area contributed by atoms with E-state index in [1.807, 2.05) is 12.1 Å². The quantitative estimate of drug-likeness (QED) is 0.811. The molecule has 0 heterocycles. The molecule has 1 saturated carbocycles. The van der Waals surface area contributed by atoms with E-state index in [1.54, 1.807) is 0 Å². The normalized spacial score (nSPS) is 18.2. The standard InChI is InChI=1S/C12H16ClN/c1-8-3-2-4-10(13)12(8)11(14)7-9-5-6-9/h2-4,9,11H,5-7,14H2,1H3/t11-/m0/s1. The lowest BCUT2D eigenvalue weighted by molar-refractivity contribution is 0.594. The lowest BCUT2D eigenvalue weighted by atomic mass is 9.98. The van der Waals surface area contributed by atoms with Gasteiger partial charge in [0.1, 0.15) is 0 Å². The van der Waals surface area contributed by atoms with E-state index >= 15 is 0 Å². The van der Waals surface area contributed by atoms with Gasteiger partial charge in [0, 0.05) is 11.1 Å². The summed E-state index contributed by atoms with van der Waals surface area (Å²) in [5.41, 5.74) is 8.51. The van der Waals surface area contributed by atoms with Crippen LogP contribution in [0.2, 0.25) is 5.02 Å². The van der Waals surface area contributed by atoms with Crippen LogP contribution >= 0.6 is 11.6 Å². The highest BCUT2D eigenvalue weighted by atomic mass is 35.5. The Bertz CT molecular complexity index is 311. The van der Waals surface area contributed by atoms with Gasteiger partial charge in [0.25, 0.3) is 0 Å². The molecule has 1 aromatic carbocycles. The van der Waals surface area contributed by atoms with Crippen LogP contribution in [0.25, 0.3) is 0 Å². The fraction of sp³-hybridized carbons (Fsp3) is 0.500. The van der Waals surface area contributed by atoms with Gasteiger partial charge in [-0.2, -0.15) is 0 Å². The van der Waals surface area contributed by atoms with Crippen molar-refractivity contribution in [3.05, 3.63) is 34.3 Å². The molecule has 1 fully saturated rings. The summed E-state index contributed by atoms with van der Waals surface area (Å²) in [7, 11) is 0. The molecule has 0 aromatic heterocycles. The number of benzene rings is 1. The second-order valence-corrected chi connectivity index (χ2v) is 4.66. The zero-order chi connectivity index (χ0) is 10.1. The van der Waals surface area contributed by atoms with Gasteiger partial charge in [-0.1, -0.05) is 36.6 Å². The number of rotatable bonds is 3. The molecule has 0 unspecified atom stereocenters. The smallest absolute Gasteiger partial charge is 0.0456 e. The monoisotopic (exact) mass is 209 g/mol. The number of nitrogens with two attached hydrogens (primary N) is 1. The van der Waals surface area contributed by atoms with Crippen molar-refractivity contribution in [1.82, 2.24) is 0 Å². The minimum Gasteiger partial charge on any atom is -0.324 e. The van der Waals surface area contributed by atoms with Crippen LogP contribution in [-0.4, -0.2) is 0 Å². The first-order chi connectivity index (χ1) is 6.68. The van der Waals surface area contributed by atoms with Crippen molar-refractivity contribution in [2.75, 3.05) is 0 Å². The molecule has 0 amide bonds. The van der Waals surface area contributed by atoms with Crippen LogP contribution in [0.15, 0.2) is 18.2 Å². The van der Waals surface area contributed by atoms with Crippen molar-refractivity contribution in [3.8, 4) is 0 Å². The lowest BCUT2D eigenvalue weighted by Crippen LogP contribution is -2.13. The average molecular weight is 210 g/mol. The van der Waals surface area contributed by atoms with Crippen LogP contribution in [0.1, 0.15) is 36.4 Å². The highest BCUT2D eigenvalue weighted by Gasteiger charge is 2.25. The summed E-state index contributed by atoms with van der Waals surface area (Å²) in [4.78, 5) is 0. The first-order valence-corrected chi connectivity index (χ1v) is 5.57. The van der Waals surface area contributed by atoms with Gasteiger partial charge in [0.15, 0.2) is 0 Å². The van der Waals surface area contributed by atoms with Crippen molar-refractivity contribution in [2.24, 2.45) is 11.7 Å². The Hall–Kier alpha value is -0.530. The second kappa shape index (κ2) is 3.92. The number of hydrogen-bond donors (Lipinski definition) is 1. The minimum absolute atomic E-state index is 0.121. The summed E-state index contributed by atoms with van der Waals surface area (Å²) in [5, 5.41) is 0.818. The summed E-state index contributed by atoms with van der Waals surface area (Å²) < 4.78 is 0. The third-order valence-electron chi connectivity index (χ3n) is 2.93. The van der Waals surface area contributed by atoms with E-state index in [9.17, 15) is 0 Å². The van der Waals surface area contributed by atoms with Crippen molar-refractivity contribution in [1.29, 1.82) is 0 Å². The summed E-state index contributed by atoms with van der Waals surface area (Å²) in [6.45, 7) is 2.08. The van der Waals surface area contributed by atoms with Gasteiger partial charge in [-0.3, -0.25) is 0 Å². The number of aryl methyl sites for hydroxylation is 1. The van der Waals surface area contributed by atoms with E-state index in [0.29, 0.717) is 0 Å². The fourth-order valence-corrected chi connectivity index (χ4v) is 2.31. The summed E-state index contributed by atoms with van der Waals surface area (Å²) in [5.74, 6) is 0.848. The van der Waals surface area contributed by atoms with E-state index in [2.05, 4.69) is 13.0 Å². The molecular formula is C12H16ClN. The predicted molar refractivity (Wildman–Crippen MR) is 60.5 cm³/mol. The molecule has 2 rings (SSSR count). The summed E-state index contributed by atoms with van der Waals surface area (Å²) in [6, 6.07) is 6.10. The molecule has 1 nitrogen and oxygen atoms in total. The van der Waals surface area contributed by atoms with Crippen molar-refractivity contribution < 1.29 is 0 Å². The highest BCUT2D eigenvalue weighted by molar-refractivity contribution is 6.31. The van der Waals surface area contributed by atoms with Gasteiger partial charge in [-0.05, 0) is 36.5 Å². The van der Waals surface area contributed by atoms with Gasteiger partial charge in [0.05, 0.1) is 0 Å². The Balaban J connectivity index is 2.19. The molecule has 2 N–H and O–H groups in total. The molecular weight excluding hydrogens is 194 g/mol. The molecule has 0 spiro atoms. The van der Waals surface area contributed by atoms with Crippen LogP contribution in [0.4, 0.5) is 0 Å². The van der Waals surface area contributed by atoms with Crippen LogP contribution in [0, 0.1) is 12.8 Å². The zero-order valence-electron chi connectivity index (χ0n) is 8.46. The molecule has 1 aromatic rings. The van der Waals surface area contributed by atoms with Gasteiger partial charge in [0.2, 0.25) is 0 Å². The molecule has 1 aliphatic carbocycles. The molecule has 14 heavy (non-hydrogen) atoms. The average Bonchev–Trinajstić information content (AvgIpc) is 2.87. The van der Waals surface area contributed by atoms with Crippen LogP contribution in [0.5, 0.6) is 0 Å². The van der Waals surface area contributed by atoms with E-state index < -0.39 is 0 Å². The summed E-state index contributed by atoms with van der Waals surface area (Å²) >= 11 is 6.15. The second-order valence-electron chi connectivity index (χ2n) is 4.26. The van der Waals surface area contributed by atoms with Crippen molar-refractivity contribution in [2.45, 2.75) is 32.2 Å². The third-order valence-corrected chi connectivity index (χ3v) is 3.26. The first kappa shape index (κ1) is 10.0. The fourth-order valence-electron chi connectivity index (χ4n) is 1.94. The largest absolute Gasteiger partial charge is 0.324 e. The van der Waals surface area contributed by atoms with Gasteiger partial charge >= 0.3 is 0 Å². The molecule has 0 bridgehead atoms. The highest BCUT2D eigenvalue weighted by Crippen LogP contribution is 2.38. The minimum atomic E-state index is 0.121. The van der Waals surface area contributed by atoms with Crippen LogP contribution in [0.3, 0.4) is 0 Å². The van der Waals surface area contributed by atoms with Crippen LogP contribution in [-0.2, 0) is 0 Å². The molecule has 0 radical (unpaired) electrons. The Morgan fingerprint density at radius 1 is 1.50 bits per heavy atom. The van der Waals surface area contributed by atoms with E-state index in [0.717, 1.165) is 22.9 Å². The third kappa shape index (κ3) is 2.10. The number of hydrogen-bond acceptors (Lipinski definition) is 1. The van der Waals surface area contributed by atoms with E-state index in [1.165, 1.54) is 18.4 Å². The Morgan fingerprint density at radius 2 is 2.21 bits per heavy atom. The Labute approximate surface area is 90.3 Å². The van der Waals surface area contributed by atoms with Crippen molar-refractivity contribution >= 4 is 11.6 Å².